The van der Waals surface area contributed by atoms with E-state index in [-0.39, 0.29) is 0 Å². The number of aromatic nitrogens is 4. The normalized spacial score (nSPS) is 11.8. The van der Waals surface area contributed by atoms with Crippen LogP contribution in [0.2, 0.25) is 0 Å². The van der Waals surface area contributed by atoms with E-state index in [2.05, 4.69) is 50.0 Å². The Morgan fingerprint density at radius 2 is 2.04 bits per heavy atom. The molecule has 27 heavy (non-hydrogen) atoms. The maximum atomic E-state index is 4.65. The Kier molecular flexibility index (Phi) is 6.54. The van der Waals surface area contributed by atoms with E-state index >= 15 is 0 Å². The van der Waals surface area contributed by atoms with Gasteiger partial charge in [-0.2, -0.15) is 0 Å². The van der Waals surface area contributed by atoms with Crippen molar-refractivity contribution in [3.8, 4) is 5.69 Å². The van der Waals surface area contributed by atoms with E-state index in [9.17, 15) is 0 Å². The van der Waals surface area contributed by atoms with Crippen LogP contribution < -0.4 is 10.6 Å². The molecule has 0 atom stereocenters. The number of nitrogens with zero attached hydrogens (tertiary/aromatic N) is 5. The molecule has 7 nitrogen and oxygen atoms in total. The summed E-state index contributed by atoms with van der Waals surface area (Å²) in [6, 6.07) is 10.0. The van der Waals surface area contributed by atoms with Crippen LogP contribution in [0.1, 0.15) is 43.2 Å². The smallest absolute Gasteiger partial charge is 0.192 e. The van der Waals surface area contributed by atoms with Crippen LogP contribution in [0.15, 0.2) is 47.0 Å². The third kappa shape index (κ3) is 5.13. The summed E-state index contributed by atoms with van der Waals surface area (Å²) in [7, 11) is 0. The average molecular weight is 384 g/mol. The van der Waals surface area contributed by atoms with Gasteiger partial charge in [0.2, 0.25) is 0 Å². The molecular formula is C19H25N7S. The molecule has 2 heterocycles. The van der Waals surface area contributed by atoms with E-state index in [1.807, 2.05) is 41.8 Å². The molecule has 0 aliphatic carbocycles. The maximum Gasteiger partial charge on any atom is 0.192 e. The van der Waals surface area contributed by atoms with Crippen molar-refractivity contribution < 1.29 is 0 Å². The lowest BCUT2D eigenvalue weighted by molar-refractivity contribution is 0.778. The van der Waals surface area contributed by atoms with E-state index < -0.39 is 0 Å². The molecule has 0 saturated carbocycles. The Morgan fingerprint density at radius 1 is 1.22 bits per heavy atom. The Bertz CT molecular complexity index is 867. The van der Waals surface area contributed by atoms with Gasteiger partial charge in [0, 0.05) is 17.6 Å². The molecule has 0 aliphatic rings. The SMILES string of the molecule is CCNC(=NCc1nncn1-c1ccccc1)NCc1nc(C(C)C)cs1. The van der Waals surface area contributed by atoms with Gasteiger partial charge in [-0.15, -0.1) is 21.5 Å². The van der Waals surface area contributed by atoms with Crippen molar-refractivity contribution in [3.05, 3.63) is 58.6 Å². The van der Waals surface area contributed by atoms with E-state index in [4.69, 9.17) is 0 Å². The van der Waals surface area contributed by atoms with Crippen LogP contribution in [0.4, 0.5) is 0 Å². The first-order chi connectivity index (χ1) is 13.2. The first-order valence-electron chi connectivity index (χ1n) is 9.08. The molecule has 0 unspecified atom stereocenters. The van der Waals surface area contributed by atoms with Gasteiger partial charge in [-0.3, -0.25) is 4.57 Å². The molecule has 8 heteroatoms. The summed E-state index contributed by atoms with van der Waals surface area (Å²) in [4.78, 5) is 9.30. The van der Waals surface area contributed by atoms with Crippen LogP contribution in [0.3, 0.4) is 0 Å². The minimum atomic E-state index is 0.430. The zero-order valence-corrected chi connectivity index (χ0v) is 16.7. The van der Waals surface area contributed by atoms with E-state index in [1.165, 1.54) is 0 Å². The number of thiazole rings is 1. The molecule has 3 aromatic rings. The zero-order valence-electron chi connectivity index (χ0n) is 15.9. The summed E-state index contributed by atoms with van der Waals surface area (Å²) >= 11 is 1.67. The van der Waals surface area contributed by atoms with E-state index in [0.29, 0.717) is 19.0 Å². The number of benzene rings is 1. The zero-order chi connectivity index (χ0) is 19.1. The molecule has 2 aromatic heterocycles. The van der Waals surface area contributed by atoms with Gasteiger partial charge < -0.3 is 10.6 Å². The molecule has 3 rings (SSSR count). The van der Waals surface area contributed by atoms with Gasteiger partial charge in [0.1, 0.15) is 17.9 Å². The predicted molar refractivity (Wildman–Crippen MR) is 109 cm³/mol. The number of hydrogen-bond acceptors (Lipinski definition) is 5. The molecule has 0 fully saturated rings. The Balaban J connectivity index is 1.66. The van der Waals surface area contributed by atoms with E-state index in [0.717, 1.165) is 34.7 Å². The minimum absolute atomic E-state index is 0.430. The fraction of sp³-hybridized carbons (Fsp3) is 0.368. The van der Waals surface area contributed by atoms with Crippen LogP contribution in [0.5, 0.6) is 0 Å². The van der Waals surface area contributed by atoms with Crippen LogP contribution >= 0.6 is 11.3 Å². The standard InChI is InChI=1S/C19H25N7S/c1-4-20-19(22-11-18-24-16(12-27-18)14(2)3)21-10-17-25-23-13-26(17)15-8-6-5-7-9-15/h5-9,12-14H,4,10-11H2,1-3H3,(H2,20,21,22). The fourth-order valence-corrected chi connectivity index (χ4v) is 3.39. The molecule has 0 bridgehead atoms. The average Bonchev–Trinajstić information content (AvgIpc) is 3.34. The quantitative estimate of drug-likeness (QED) is 0.484. The number of hydrogen-bond donors (Lipinski definition) is 2. The van der Waals surface area contributed by atoms with Crippen LogP contribution in [0, 0.1) is 0 Å². The third-order valence-electron chi connectivity index (χ3n) is 3.94. The minimum Gasteiger partial charge on any atom is -0.357 e. The summed E-state index contributed by atoms with van der Waals surface area (Å²) < 4.78 is 1.95. The highest BCUT2D eigenvalue weighted by molar-refractivity contribution is 7.09. The van der Waals surface area contributed by atoms with Crippen molar-refractivity contribution in [1.29, 1.82) is 0 Å². The molecule has 0 radical (unpaired) electrons. The lowest BCUT2D eigenvalue weighted by Gasteiger charge is -2.10. The summed E-state index contributed by atoms with van der Waals surface area (Å²) in [6.45, 7) is 8.21. The largest absolute Gasteiger partial charge is 0.357 e. The number of aliphatic imine (C=N–C) groups is 1. The monoisotopic (exact) mass is 383 g/mol. The van der Waals surface area contributed by atoms with Crippen LogP contribution in [-0.2, 0) is 13.1 Å². The highest BCUT2D eigenvalue weighted by Crippen LogP contribution is 2.17. The van der Waals surface area contributed by atoms with E-state index in [1.54, 1.807) is 17.7 Å². The molecule has 1 aromatic carbocycles. The third-order valence-corrected chi connectivity index (χ3v) is 4.81. The number of rotatable bonds is 7. The predicted octanol–water partition coefficient (Wildman–Crippen LogP) is 3.10. The lowest BCUT2D eigenvalue weighted by atomic mass is 10.2. The molecule has 0 aliphatic heterocycles. The topological polar surface area (TPSA) is 80.0 Å². The molecule has 142 valence electrons. The first-order valence-corrected chi connectivity index (χ1v) is 9.96. The lowest BCUT2D eigenvalue weighted by Crippen LogP contribution is -2.36. The second-order valence-corrected chi connectivity index (χ2v) is 7.26. The molecule has 0 spiro atoms. The van der Waals surface area contributed by atoms with Crippen molar-refractivity contribution in [2.24, 2.45) is 4.99 Å². The van der Waals surface area contributed by atoms with Gasteiger partial charge >= 0.3 is 0 Å². The van der Waals surface area contributed by atoms with Gasteiger partial charge in [-0.05, 0) is 25.0 Å². The van der Waals surface area contributed by atoms with Gasteiger partial charge in [0.25, 0.3) is 0 Å². The molecular weight excluding hydrogens is 358 g/mol. The van der Waals surface area contributed by atoms with Crippen LogP contribution in [-0.4, -0.2) is 32.3 Å². The maximum absolute atomic E-state index is 4.65. The summed E-state index contributed by atoms with van der Waals surface area (Å²) in [5.41, 5.74) is 2.16. The van der Waals surface area contributed by atoms with Gasteiger partial charge in [-0.25, -0.2) is 9.98 Å². The van der Waals surface area contributed by atoms with Crippen LogP contribution in [0.25, 0.3) is 5.69 Å². The van der Waals surface area contributed by atoms with Gasteiger partial charge in [0.05, 0.1) is 12.2 Å². The van der Waals surface area contributed by atoms with Crippen molar-refractivity contribution in [1.82, 2.24) is 30.4 Å². The Labute approximate surface area is 163 Å². The van der Waals surface area contributed by atoms with Crippen molar-refractivity contribution in [3.63, 3.8) is 0 Å². The summed E-state index contributed by atoms with van der Waals surface area (Å²) in [6.07, 6.45) is 1.71. The first kappa shape index (κ1) is 19.0. The molecule has 2 N–H and O–H groups in total. The number of para-hydroxylation sites is 1. The second-order valence-electron chi connectivity index (χ2n) is 6.32. The van der Waals surface area contributed by atoms with Crippen molar-refractivity contribution in [2.45, 2.75) is 39.8 Å². The summed E-state index contributed by atoms with van der Waals surface area (Å²) in [5, 5.41) is 18.0. The molecule has 0 saturated heterocycles. The fourth-order valence-electron chi connectivity index (χ4n) is 2.49. The Hall–Kier alpha value is -2.74. The highest BCUT2D eigenvalue weighted by Gasteiger charge is 2.08. The highest BCUT2D eigenvalue weighted by atomic mass is 32.1. The summed E-state index contributed by atoms with van der Waals surface area (Å²) in [5.74, 6) is 1.97. The van der Waals surface area contributed by atoms with Gasteiger partial charge in [-0.1, -0.05) is 32.0 Å². The number of nitrogens with one attached hydrogen (secondary N) is 2. The second kappa shape index (κ2) is 9.27. The van der Waals surface area contributed by atoms with Crippen molar-refractivity contribution >= 4 is 17.3 Å². The molecule has 0 amide bonds. The number of guanidine groups is 1. The Morgan fingerprint density at radius 3 is 2.74 bits per heavy atom. The van der Waals surface area contributed by atoms with Crippen molar-refractivity contribution in [2.75, 3.05) is 6.54 Å². The van der Waals surface area contributed by atoms with Gasteiger partial charge in [0.15, 0.2) is 11.8 Å².